The van der Waals surface area contributed by atoms with Crippen LogP contribution in [-0.2, 0) is 9.53 Å². The van der Waals surface area contributed by atoms with Gasteiger partial charge in [-0.3, -0.25) is 9.59 Å². The molecule has 1 aromatic rings. The first-order valence-corrected chi connectivity index (χ1v) is 12.3. The fourth-order valence-corrected chi connectivity index (χ4v) is 4.92. The first kappa shape index (κ1) is 24.6. The molecule has 3 rings (SSSR count). The van der Waals surface area contributed by atoms with E-state index in [1.807, 2.05) is 41.8 Å². The van der Waals surface area contributed by atoms with Gasteiger partial charge in [-0.1, -0.05) is 26.2 Å². The summed E-state index contributed by atoms with van der Waals surface area (Å²) in [5.41, 5.74) is 0.448. The van der Waals surface area contributed by atoms with E-state index in [1.54, 1.807) is 7.11 Å². The van der Waals surface area contributed by atoms with Gasteiger partial charge >= 0.3 is 0 Å². The summed E-state index contributed by atoms with van der Waals surface area (Å²) in [6.07, 6.45) is 8.04. The first-order chi connectivity index (χ1) is 15.3. The molecular formula is C26H40N2O4. The van der Waals surface area contributed by atoms with E-state index < -0.39 is 5.60 Å². The maximum absolute atomic E-state index is 13.6. The van der Waals surface area contributed by atoms with Gasteiger partial charge in [0.1, 0.15) is 5.75 Å². The Balaban J connectivity index is 1.91. The Bertz CT molecular complexity index is 803. The van der Waals surface area contributed by atoms with Gasteiger partial charge in [0.25, 0.3) is 11.8 Å². The lowest BCUT2D eigenvalue weighted by Gasteiger charge is -2.41. The van der Waals surface area contributed by atoms with Gasteiger partial charge in [0, 0.05) is 37.9 Å². The molecule has 0 radical (unpaired) electrons. The van der Waals surface area contributed by atoms with Crippen LogP contribution in [0.5, 0.6) is 5.75 Å². The fourth-order valence-electron chi connectivity index (χ4n) is 4.92. The molecule has 0 bridgehead atoms. The van der Waals surface area contributed by atoms with E-state index in [0.717, 1.165) is 25.7 Å². The molecular weight excluding hydrogens is 404 g/mol. The van der Waals surface area contributed by atoms with E-state index in [0.29, 0.717) is 42.6 Å². The van der Waals surface area contributed by atoms with Crippen LogP contribution in [0.1, 0.15) is 89.4 Å². The molecule has 2 amide bonds. The average molecular weight is 445 g/mol. The van der Waals surface area contributed by atoms with Gasteiger partial charge in [-0.05, 0) is 71.1 Å². The highest BCUT2D eigenvalue weighted by atomic mass is 16.5. The summed E-state index contributed by atoms with van der Waals surface area (Å²) in [6, 6.07) is 6.00. The Hall–Kier alpha value is -2.08. The van der Waals surface area contributed by atoms with Crippen molar-refractivity contribution in [3.8, 4) is 5.75 Å². The second-order valence-corrected chi connectivity index (χ2v) is 9.62. The van der Waals surface area contributed by atoms with Gasteiger partial charge < -0.3 is 19.3 Å². The lowest BCUT2D eigenvalue weighted by Crippen LogP contribution is -2.54. The van der Waals surface area contributed by atoms with Crippen molar-refractivity contribution in [3.05, 3.63) is 23.8 Å². The number of nitrogens with zero attached hydrogens (tertiary/aromatic N) is 2. The van der Waals surface area contributed by atoms with E-state index >= 15 is 0 Å². The Morgan fingerprint density at radius 2 is 1.97 bits per heavy atom. The van der Waals surface area contributed by atoms with Crippen LogP contribution >= 0.6 is 0 Å². The van der Waals surface area contributed by atoms with E-state index in [1.165, 1.54) is 19.3 Å². The molecule has 0 saturated heterocycles. The molecule has 32 heavy (non-hydrogen) atoms. The van der Waals surface area contributed by atoms with E-state index in [9.17, 15) is 9.59 Å². The summed E-state index contributed by atoms with van der Waals surface area (Å²) in [6.45, 7) is 9.25. The van der Waals surface area contributed by atoms with Crippen molar-refractivity contribution in [3.63, 3.8) is 0 Å². The summed E-state index contributed by atoms with van der Waals surface area (Å²) in [7, 11) is 1.69. The topological polar surface area (TPSA) is 59.1 Å². The highest BCUT2D eigenvalue weighted by molar-refractivity contribution is 6.04. The average Bonchev–Trinajstić information content (AvgIpc) is 2.79. The van der Waals surface area contributed by atoms with Gasteiger partial charge in [-0.25, -0.2) is 0 Å². The lowest BCUT2D eigenvalue weighted by atomic mass is 9.92. The number of hydrogen-bond acceptors (Lipinski definition) is 4. The minimum atomic E-state index is -0.883. The third-order valence-electron chi connectivity index (χ3n) is 6.94. The number of fused-ring (bicyclic) bond motifs is 1. The molecule has 2 aliphatic rings. The van der Waals surface area contributed by atoms with Gasteiger partial charge in [0.2, 0.25) is 0 Å². The van der Waals surface area contributed by atoms with Crippen LogP contribution in [0.25, 0.3) is 0 Å². The molecule has 1 atom stereocenters. The number of methoxy groups -OCH3 is 1. The third-order valence-corrected chi connectivity index (χ3v) is 6.94. The van der Waals surface area contributed by atoms with Gasteiger partial charge in [-0.2, -0.15) is 0 Å². The van der Waals surface area contributed by atoms with Crippen molar-refractivity contribution >= 4 is 17.5 Å². The number of ether oxygens (including phenoxy) is 2. The largest absolute Gasteiger partial charge is 0.476 e. The number of carbonyl (C=O) groups is 2. The number of hydrogen-bond donors (Lipinski definition) is 0. The van der Waals surface area contributed by atoms with E-state index in [4.69, 9.17) is 9.47 Å². The number of benzene rings is 1. The second-order valence-electron chi connectivity index (χ2n) is 9.62. The fraction of sp³-hybridized carbons (Fsp3) is 0.692. The molecule has 6 nitrogen and oxygen atoms in total. The summed E-state index contributed by atoms with van der Waals surface area (Å²) in [5, 5.41) is 0. The van der Waals surface area contributed by atoms with Crippen LogP contribution in [0.3, 0.4) is 0 Å². The number of rotatable bonds is 9. The zero-order chi connectivity index (χ0) is 23.3. The maximum Gasteiger partial charge on any atom is 0.270 e. The molecule has 1 fully saturated rings. The molecule has 1 heterocycles. The molecule has 0 spiro atoms. The van der Waals surface area contributed by atoms with Crippen LogP contribution in [0, 0.1) is 0 Å². The van der Waals surface area contributed by atoms with Crippen molar-refractivity contribution in [2.24, 2.45) is 0 Å². The molecule has 178 valence electrons. The van der Waals surface area contributed by atoms with Crippen molar-refractivity contribution < 1.29 is 19.1 Å². The molecule has 1 aromatic carbocycles. The van der Waals surface area contributed by atoms with Crippen molar-refractivity contribution in [2.75, 3.05) is 25.2 Å². The highest BCUT2D eigenvalue weighted by Gasteiger charge is 2.43. The zero-order valence-corrected chi connectivity index (χ0v) is 20.5. The van der Waals surface area contributed by atoms with E-state index in [-0.39, 0.29) is 17.9 Å². The highest BCUT2D eigenvalue weighted by Crippen LogP contribution is 2.40. The number of unbranched alkanes of at least 4 members (excludes halogenated alkanes) is 1. The quantitative estimate of drug-likeness (QED) is 0.492. The first-order valence-electron chi connectivity index (χ1n) is 12.3. The Morgan fingerprint density at radius 3 is 2.59 bits per heavy atom. The smallest absolute Gasteiger partial charge is 0.270 e. The van der Waals surface area contributed by atoms with Crippen LogP contribution in [0.15, 0.2) is 18.2 Å². The molecule has 6 heteroatoms. The van der Waals surface area contributed by atoms with Crippen LogP contribution in [0.4, 0.5) is 5.69 Å². The molecule has 1 unspecified atom stereocenters. The van der Waals surface area contributed by atoms with Crippen LogP contribution in [0.2, 0.25) is 0 Å². The zero-order valence-electron chi connectivity index (χ0n) is 20.5. The number of carbonyl (C=O) groups excluding carboxylic acids is 2. The van der Waals surface area contributed by atoms with Crippen LogP contribution < -0.4 is 9.64 Å². The maximum atomic E-state index is 13.6. The third kappa shape index (κ3) is 5.11. The predicted octanol–water partition coefficient (Wildman–Crippen LogP) is 5.19. The van der Waals surface area contributed by atoms with Crippen molar-refractivity contribution in [1.82, 2.24) is 4.90 Å². The normalized spacial score (nSPS) is 21.4. The molecule has 0 N–H and O–H groups in total. The molecule has 1 aliphatic heterocycles. The minimum absolute atomic E-state index is 0.0393. The summed E-state index contributed by atoms with van der Waals surface area (Å²) >= 11 is 0. The molecule has 0 aromatic heterocycles. The molecule has 1 aliphatic carbocycles. The lowest BCUT2D eigenvalue weighted by molar-refractivity contribution is -0.134. The Morgan fingerprint density at radius 1 is 1.25 bits per heavy atom. The standard InChI is InChI=1S/C26H40N2O4/c1-6-26(4)25(30)27(16-10-11-17-31-5)22-18-20(14-15-23(22)32-26)24(29)28(19(2)3)21-12-8-7-9-13-21/h14-15,18-19,21H,6-13,16-17H2,1-5H3. The van der Waals surface area contributed by atoms with Gasteiger partial charge in [0.05, 0.1) is 5.69 Å². The Labute approximate surface area is 193 Å². The predicted molar refractivity (Wildman–Crippen MR) is 127 cm³/mol. The van der Waals surface area contributed by atoms with Crippen LogP contribution in [-0.4, -0.2) is 54.7 Å². The second kappa shape index (κ2) is 10.7. The summed E-state index contributed by atoms with van der Waals surface area (Å²) in [5.74, 6) is 0.679. The number of anilines is 1. The molecule has 1 saturated carbocycles. The summed E-state index contributed by atoms with van der Waals surface area (Å²) in [4.78, 5) is 30.8. The minimum Gasteiger partial charge on any atom is -0.476 e. The van der Waals surface area contributed by atoms with Gasteiger partial charge in [0.15, 0.2) is 5.60 Å². The monoisotopic (exact) mass is 444 g/mol. The van der Waals surface area contributed by atoms with Gasteiger partial charge in [-0.15, -0.1) is 0 Å². The Kier molecular flexibility index (Phi) is 8.21. The van der Waals surface area contributed by atoms with Crippen molar-refractivity contribution in [1.29, 1.82) is 0 Å². The SMILES string of the molecule is CCC1(C)Oc2ccc(C(=O)N(C(C)C)C3CCCCC3)cc2N(CCCCOC)C1=O. The van der Waals surface area contributed by atoms with Crippen molar-refractivity contribution in [2.45, 2.75) is 96.7 Å². The summed E-state index contributed by atoms with van der Waals surface area (Å²) < 4.78 is 11.3. The number of amides is 2. The van der Waals surface area contributed by atoms with E-state index in [2.05, 4.69) is 13.8 Å².